The first-order valence-electron chi connectivity index (χ1n) is 5.64. The fourth-order valence-corrected chi connectivity index (χ4v) is 2.16. The van der Waals surface area contributed by atoms with Crippen LogP contribution in [-0.4, -0.2) is 5.11 Å². The first kappa shape index (κ1) is 11.5. The van der Waals surface area contributed by atoms with E-state index in [4.69, 9.17) is 4.74 Å². The van der Waals surface area contributed by atoms with Gasteiger partial charge in [0, 0.05) is 16.7 Å². The van der Waals surface area contributed by atoms with Gasteiger partial charge < -0.3 is 9.84 Å². The molecule has 2 bridgehead atoms. The fourth-order valence-electron chi connectivity index (χ4n) is 2.16. The molecule has 0 radical (unpaired) electrons. The zero-order valence-corrected chi connectivity index (χ0v) is 9.83. The second-order valence-electron chi connectivity index (χ2n) is 4.02. The lowest BCUT2D eigenvalue weighted by atomic mass is 9.91. The standard InChI is InChI=1S/C15H16O2/c1-4-7-10-13(16)11(8-5-2)15-12(9-6-3)14(10)17-15/h4-6,16H,1-3,7-9H2. The van der Waals surface area contributed by atoms with Crippen LogP contribution in [0.4, 0.5) is 0 Å². The van der Waals surface area contributed by atoms with E-state index >= 15 is 0 Å². The lowest BCUT2D eigenvalue weighted by Crippen LogP contribution is -2.12. The van der Waals surface area contributed by atoms with Crippen molar-refractivity contribution in [3.8, 4) is 17.2 Å². The normalized spacial score (nSPS) is 11.3. The van der Waals surface area contributed by atoms with E-state index in [-0.39, 0.29) is 0 Å². The van der Waals surface area contributed by atoms with Crippen LogP contribution in [0.25, 0.3) is 0 Å². The molecule has 0 amide bonds. The summed E-state index contributed by atoms with van der Waals surface area (Å²) in [5.74, 6) is 1.92. The summed E-state index contributed by atoms with van der Waals surface area (Å²) < 4.78 is 5.64. The summed E-state index contributed by atoms with van der Waals surface area (Å²) in [5.41, 5.74) is 2.78. The molecule has 0 aliphatic carbocycles. The lowest BCUT2D eigenvalue weighted by molar-refractivity contribution is 0.382. The summed E-state index contributed by atoms with van der Waals surface area (Å²) in [5, 5.41) is 10.2. The number of rotatable bonds is 6. The number of aromatic hydroxyl groups is 1. The van der Waals surface area contributed by atoms with Gasteiger partial charge in [0.25, 0.3) is 0 Å². The Bertz CT molecular complexity index is 454. The van der Waals surface area contributed by atoms with Crippen molar-refractivity contribution in [1.82, 2.24) is 0 Å². The minimum Gasteiger partial charge on any atom is -0.507 e. The van der Waals surface area contributed by atoms with Gasteiger partial charge in [-0.1, -0.05) is 18.2 Å². The SMILES string of the molecule is C=CCc1c(O)c(CC=C)c2c(CC=C)c1O2. The van der Waals surface area contributed by atoms with E-state index in [1.165, 1.54) is 0 Å². The maximum absolute atomic E-state index is 10.2. The highest BCUT2D eigenvalue weighted by Crippen LogP contribution is 2.53. The number of allylic oxidation sites excluding steroid dienone is 3. The first-order chi connectivity index (χ1) is 8.24. The Morgan fingerprint density at radius 2 is 1.24 bits per heavy atom. The van der Waals surface area contributed by atoms with Crippen molar-refractivity contribution >= 4 is 0 Å². The molecule has 2 aliphatic rings. The van der Waals surface area contributed by atoms with Gasteiger partial charge in [-0.15, -0.1) is 19.7 Å². The third-order valence-corrected chi connectivity index (χ3v) is 2.92. The van der Waals surface area contributed by atoms with E-state index in [9.17, 15) is 5.11 Å². The highest BCUT2D eigenvalue weighted by molar-refractivity contribution is 5.70. The number of ether oxygens (including phenoxy) is 1. The van der Waals surface area contributed by atoms with E-state index in [0.717, 1.165) is 34.6 Å². The van der Waals surface area contributed by atoms with Crippen molar-refractivity contribution in [3.05, 3.63) is 54.7 Å². The minimum absolute atomic E-state index is 0.328. The fraction of sp³-hybridized carbons (Fsp3) is 0.200. The average Bonchev–Trinajstić information content (AvgIpc) is 2.30. The molecule has 2 heterocycles. The molecule has 1 aromatic rings. The Kier molecular flexibility index (Phi) is 3.05. The summed E-state index contributed by atoms with van der Waals surface area (Å²) >= 11 is 0. The molecule has 0 atom stereocenters. The summed E-state index contributed by atoms with van der Waals surface area (Å²) in [6.07, 6.45) is 7.35. The number of benzene rings is 1. The Labute approximate surface area is 102 Å². The second kappa shape index (κ2) is 4.50. The van der Waals surface area contributed by atoms with Crippen molar-refractivity contribution in [2.75, 3.05) is 0 Å². The number of phenolic OH excluding ortho intramolecular Hbond substituents is 1. The molecule has 0 spiro atoms. The number of fused-ring (bicyclic) bond motifs is 2. The van der Waals surface area contributed by atoms with E-state index in [0.29, 0.717) is 18.6 Å². The quantitative estimate of drug-likeness (QED) is 0.764. The topological polar surface area (TPSA) is 29.5 Å². The summed E-state index contributed by atoms with van der Waals surface area (Å²) in [6.45, 7) is 11.1. The van der Waals surface area contributed by atoms with Crippen molar-refractivity contribution in [1.29, 1.82) is 0 Å². The molecule has 88 valence electrons. The minimum atomic E-state index is 0.328. The van der Waals surface area contributed by atoms with E-state index in [1.54, 1.807) is 12.2 Å². The number of hydrogen-bond donors (Lipinski definition) is 1. The predicted octanol–water partition coefficient (Wildman–Crippen LogP) is 3.68. The Morgan fingerprint density at radius 3 is 1.65 bits per heavy atom. The molecule has 0 fully saturated rings. The largest absolute Gasteiger partial charge is 0.507 e. The van der Waals surface area contributed by atoms with Crippen LogP contribution in [0, 0.1) is 0 Å². The van der Waals surface area contributed by atoms with Gasteiger partial charge in [-0.05, 0) is 19.3 Å². The predicted molar refractivity (Wildman–Crippen MR) is 69.9 cm³/mol. The highest BCUT2D eigenvalue weighted by atomic mass is 16.5. The van der Waals surface area contributed by atoms with Gasteiger partial charge in [-0.25, -0.2) is 0 Å². The Hall–Kier alpha value is -1.96. The third kappa shape index (κ3) is 1.66. The van der Waals surface area contributed by atoms with Crippen molar-refractivity contribution in [2.24, 2.45) is 0 Å². The van der Waals surface area contributed by atoms with Gasteiger partial charge >= 0.3 is 0 Å². The maximum atomic E-state index is 10.2. The first-order valence-corrected chi connectivity index (χ1v) is 5.64. The van der Waals surface area contributed by atoms with Crippen LogP contribution < -0.4 is 4.74 Å². The van der Waals surface area contributed by atoms with Gasteiger partial charge in [-0.2, -0.15) is 0 Å². The molecular weight excluding hydrogens is 212 g/mol. The van der Waals surface area contributed by atoms with Gasteiger partial charge in [-0.3, -0.25) is 0 Å². The molecule has 1 aromatic carbocycles. The summed E-state index contributed by atoms with van der Waals surface area (Å²) in [4.78, 5) is 0. The van der Waals surface area contributed by atoms with Crippen molar-refractivity contribution in [2.45, 2.75) is 19.3 Å². The molecule has 1 N–H and O–H groups in total. The van der Waals surface area contributed by atoms with E-state index in [1.807, 2.05) is 6.08 Å². The molecule has 2 aliphatic heterocycles. The average molecular weight is 228 g/mol. The molecule has 0 saturated heterocycles. The van der Waals surface area contributed by atoms with E-state index < -0.39 is 0 Å². The number of phenols is 1. The second-order valence-corrected chi connectivity index (χ2v) is 4.02. The Balaban J connectivity index is 2.57. The van der Waals surface area contributed by atoms with Crippen LogP contribution in [0.3, 0.4) is 0 Å². The van der Waals surface area contributed by atoms with Gasteiger partial charge in [0.1, 0.15) is 17.2 Å². The van der Waals surface area contributed by atoms with Crippen LogP contribution in [-0.2, 0) is 19.3 Å². The molecule has 0 saturated carbocycles. The third-order valence-electron chi connectivity index (χ3n) is 2.92. The monoisotopic (exact) mass is 228 g/mol. The molecule has 2 heteroatoms. The van der Waals surface area contributed by atoms with Crippen molar-refractivity contribution in [3.63, 3.8) is 0 Å². The zero-order chi connectivity index (χ0) is 12.4. The van der Waals surface area contributed by atoms with Crippen LogP contribution in [0.5, 0.6) is 17.2 Å². The van der Waals surface area contributed by atoms with Crippen LogP contribution in [0.15, 0.2) is 38.0 Å². The summed E-state index contributed by atoms with van der Waals surface area (Å²) in [7, 11) is 0. The Morgan fingerprint density at radius 1 is 0.824 bits per heavy atom. The number of hydrogen-bond acceptors (Lipinski definition) is 2. The summed E-state index contributed by atoms with van der Waals surface area (Å²) in [6, 6.07) is 0. The van der Waals surface area contributed by atoms with Gasteiger partial charge in [0.2, 0.25) is 0 Å². The van der Waals surface area contributed by atoms with Crippen LogP contribution in [0.1, 0.15) is 16.7 Å². The zero-order valence-electron chi connectivity index (χ0n) is 9.83. The highest BCUT2D eigenvalue weighted by Gasteiger charge is 2.32. The molecular formula is C15H16O2. The molecule has 0 aromatic heterocycles. The van der Waals surface area contributed by atoms with Gasteiger partial charge in [0.05, 0.1) is 0 Å². The van der Waals surface area contributed by atoms with Crippen molar-refractivity contribution < 1.29 is 9.84 Å². The maximum Gasteiger partial charge on any atom is 0.141 e. The van der Waals surface area contributed by atoms with Gasteiger partial charge in [0.15, 0.2) is 0 Å². The molecule has 0 unspecified atom stereocenters. The smallest absolute Gasteiger partial charge is 0.141 e. The van der Waals surface area contributed by atoms with E-state index in [2.05, 4.69) is 19.7 Å². The molecule has 17 heavy (non-hydrogen) atoms. The molecule has 2 nitrogen and oxygen atoms in total. The van der Waals surface area contributed by atoms with Crippen LogP contribution >= 0.6 is 0 Å². The van der Waals surface area contributed by atoms with Crippen LogP contribution in [0.2, 0.25) is 0 Å². The lowest BCUT2D eigenvalue weighted by Gasteiger charge is -2.30. The molecule has 3 rings (SSSR count).